The Morgan fingerprint density at radius 2 is 2.21 bits per heavy atom. The predicted octanol–water partition coefficient (Wildman–Crippen LogP) is 0.554. The van der Waals surface area contributed by atoms with Gasteiger partial charge in [-0.1, -0.05) is 12.2 Å². The topological polar surface area (TPSA) is 92.5 Å². The molecule has 7 nitrogen and oxygen atoms in total. The number of carboxylic acids is 1. The van der Waals surface area contributed by atoms with E-state index in [-0.39, 0.29) is 24.4 Å². The molecule has 0 saturated carbocycles. The molecule has 0 spiro atoms. The minimum Gasteiger partial charge on any atom is -0.481 e. The molecule has 1 rings (SSSR count). The van der Waals surface area contributed by atoms with E-state index >= 15 is 0 Å². The van der Waals surface area contributed by atoms with Crippen LogP contribution in [0.25, 0.3) is 0 Å². The monoisotopic (exact) mass is 287 g/mol. The first kappa shape index (κ1) is 15.4. The van der Waals surface area contributed by atoms with Gasteiger partial charge < -0.3 is 5.11 Å². The van der Waals surface area contributed by atoms with Crippen LogP contribution in [0.2, 0.25) is 0 Å². The van der Waals surface area contributed by atoms with Gasteiger partial charge in [0.15, 0.2) is 0 Å². The summed E-state index contributed by atoms with van der Waals surface area (Å²) in [6, 6.07) is 0. The van der Waals surface area contributed by atoms with Gasteiger partial charge in [-0.15, -0.1) is 0 Å². The van der Waals surface area contributed by atoms with Crippen LogP contribution >= 0.6 is 0 Å². The number of nitrogens with zero attached hydrogens (tertiary/aromatic N) is 3. The number of aromatic nitrogens is 2. The molecule has 0 aliphatic heterocycles. The Morgan fingerprint density at radius 3 is 2.74 bits per heavy atom. The van der Waals surface area contributed by atoms with Crippen LogP contribution in [0.1, 0.15) is 13.3 Å². The van der Waals surface area contributed by atoms with Gasteiger partial charge in [0.1, 0.15) is 4.90 Å². The smallest absolute Gasteiger partial charge is 0.305 e. The van der Waals surface area contributed by atoms with Crippen LogP contribution in [0.5, 0.6) is 0 Å². The zero-order chi connectivity index (χ0) is 14.6. The van der Waals surface area contributed by atoms with Crippen LogP contribution in [0.4, 0.5) is 0 Å². The summed E-state index contributed by atoms with van der Waals surface area (Å²) in [5.74, 6) is -0.959. The number of aliphatic carboxylic acids is 1. The van der Waals surface area contributed by atoms with Crippen LogP contribution in [-0.2, 0) is 21.4 Å². The molecule has 0 amide bonds. The van der Waals surface area contributed by atoms with Crippen molar-refractivity contribution in [2.75, 3.05) is 13.6 Å². The highest BCUT2D eigenvalue weighted by molar-refractivity contribution is 7.89. The molecular formula is C11H17N3O4S. The number of hydrogen-bond donors (Lipinski definition) is 1. The summed E-state index contributed by atoms with van der Waals surface area (Å²) in [5.41, 5.74) is 0.726. The highest BCUT2D eigenvalue weighted by Gasteiger charge is 2.22. The predicted molar refractivity (Wildman–Crippen MR) is 69.1 cm³/mol. The number of aryl methyl sites for hydroxylation is 1. The van der Waals surface area contributed by atoms with Crippen molar-refractivity contribution in [3.05, 3.63) is 24.5 Å². The summed E-state index contributed by atoms with van der Waals surface area (Å²) in [6.45, 7) is 5.76. The molecule has 1 N–H and O–H groups in total. The molecule has 0 radical (unpaired) electrons. The van der Waals surface area contributed by atoms with Crippen molar-refractivity contribution >= 4 is 16.0 Å². The van der Waals surface area contributed by atoms with E-state index in [2.05, 4.69) is 11.7 Å². The average molecular weight is 287 g/mol. The number of sulfonamides is 1. The summed E-state index contributed by atoms with van der Waals surface area (Å²) in [4.78, 5) is 10.5. The van der Waals surface area contributed by atoms with Gasteiger partial charge in [0.05, 0.1) is 19.2 Å². The molecule has 0 aliphatic rings. The van der Waals surface area contributed by atoms with Crippen molar-refractivity contribution in [2.45, 2.75) is 24.8 Å². The molecule has 0 fully saturated rings. The molecule has 1 aromatic rings. The van der Waals surface area contributed by atoms with Gasteiger partial charge in [-0.25, -0.2) is 8.42 Å². The van der Waals surface area contributed by atoms with Crippen molar-refractivity contribution in [3.63, 3.8) is 0 Å². The average Bonchev–Trinajstić information content (AvgIpc) is 2.74. The van der Waals surface area contributed by atoms with Crippen LogP contribution < -0.4 is 0 Å². The molecule has 0 unspecified atom stereocenters. The molecule has 0 aliphatic carbocycles. The molecule has 0 aromatic carbocycles. The zero-order valence-electron chi connectivity index (χ0n) is 10.9. The molecule has 0 atom stereocenters. The Balaban J connectivity index is 2.85. The van der Waals surface area contributed by atoms with Crippen molar-refractivity contribution in [1.82, 2.24) is 14.1 Å². The third kappa shape index (κ3) is 4.18. The van der Waals surface area contributed by atoms with Crippen LogP contribution in [0.3, 0.4) is 0 Å². The van der Waals surface area contributed by atoms with Gasteiger partial charge >= 0.3 is 5.97 Å². The van der Waals surface area contributed by atoms with Gasteiger partial charge in [-0.05, 0) is 6.92 Å². The maximum Gasteiger partial charge on any atom is 0.305 e. The highest BCUT2D eigenvalue weighted by atomic mass is 32.2. The van der Waals surface area contributed by atoms with Gasteiger partial charge in [0.25, 0.3) is 0 Å². The van der Waals surface area contributed by atoms with E-state index in [4.69, 9.17) is 5.11 Å². The third-order valence-corrected chi connectivity index (χ3v) is 4.12. The second kappa shape index (κ2) is 5.98. The highest BCUT2D eigenvalue weighted by Crippen LogP contribution is 2.14. The number of rotatable bonds is 7. The Hall–Kier alpha value is -1.67. The van der Waals surface area contributed by atoms with Crippen LogP contribution in [0, 0.1) is 0 Å². The summed E-state index contributed by atoms with van der Waals surface area (Å²) in [6.07, 6.45) is 2.43. The summed E-state index contributed by atoms with van der Waals surface area (Å²) in [5, 5.41) is 12.4. The molecule has 19 heavy (non-hydrogen) atoms. The minimum absolute atomic E-state index is 0.0432. The zero-order valence-corrected chi connectivity index (χ0v) is 11.7. The fraction of sp³-hybridized carbons (Fsp3) is 0.455. The van der Waals surface area contributed by atoms with E-state index < -0.39 is 16.0 Å². The molecule has 1 aromatic heterocycles. The first-order valence-corrected chi connectivity index (χ1v) is 7.02. The summed E-state index contributed by atoms with van der Waals surface area (Å²) >= 11 is 0. The normalized spacial score (nSPS) is 11.7. The maximum absolute atomic E-state index is 12.1. The van der Waals surface area contributed by atoms with Gasteiger partial charge in [-0.2, -0.15) is 9.40 Å². The summed E-state index contributed by atoms with van der Waals surface area (Å²) < 4.78 is 26.7. The first-order chi connectivity index (χ1) is 8.73. The Labute approximate surface area is 112 Å². The third-order valence-electron chi connectivity index (χ3n) is 2.37. The number of carboxylic acid groups (broad SMARTS) is 1. The summed E-state index contributed by atoms with van der Waals surface area (Å²) in [7, 11) is -2.15. The lowest BCUT2D eigenvalue weighted by Crippen LogP contribution is -2.28. The van der Waals surface area contributed by atoms with Crippen molar-refractivity contribution < 1.29 is 18.3 Å². The van der Waals surface area contributed by atoms with Gasteiger partial charge in [0, 0.05) is 19.8 Å². The van der Waals surface area contributed by atoms with Crippen molar-refractivity contribution in [1.29, 1.82) is 0 Å². The Kier molecular flexibility index (Phi) is 4.84. The maximum atomic E-state index is 12.1. The van der Waals surface area contributed by atoms with Crippen molar-refractivity contribution in [3.8, 4) is 0 Å². The molecular weight excluding hydrogens is 270 g/mol. The van der Waals surface area contributed by atoms with Crippen LogP contribution in [-0.4, -0.2) is 47.2 Å². The van der Waals surface area contributed by atoms with E-state index in [0.717, 1.165) is 5.57 Å². The lowest BCUT2D eigenvalue weighted by molar-refractivity contribution is -0.137. The molecule has 1 heterocycles. The Morgan fingerprint density at radius 1 is 1.58 bits per heavy atom. The molecule has 0 bridgehead atoms. The molecule has 0 saturated heterocycles. The standard InChI is InChI=1S/C11H17N3O4S/c1-9(2)7-13(3)19(17,18)10-6-12-14(8-10)5-4-11(15)16/h6,8H,1,4-5,7H2,2-3H3,(H,15,16). The lowest BCUT2D eigenvalue weighted by atomic mass is 10.4. The van der Waals surface area contributed by atoms with Gasteiger partial charge in [0.2, 0.25) is 10.0 Å². The molecule has 8 heteroatoms. The minimum atomic E-state index is -3.61. The van der Waals surface area contributed by atoms with E-state index in [1.165, 1.54) is 28.4 Å². The molecule has 106 valence electrons. The van der Waals surface area contributed by atoms with E-state index in [1.807, 2.05) is 0 Å². The van der Waals surface area contributed by atoms with Gasteiger partial charge in [-0.3, -0.25) is 9.48 Å². The van der Waals surface area contributed by atoms with Crippen molar-refractivity contribution in [2.24, 2.45) is 0 Å². The van der Waals surface area contributed by atoms with E-state index in [0.29, 0.717) is 0 Å². The number of hydrogen-bond acceptors (Lipinski definition) is 4. The second-order valence-corrected chi connectivity index (χ2v) is 6.35. The number of likely N-dealkylation sites (N-methyl/N-ethyl adjacent to an activating group) is 1. The number of carbonyl (C=O) groups is 1. The second-order valence-electron chi connectivity index (χ2n) is 4.30. The van der Waals surface area contributed by atoms with Crippen LogP contribution in [0.15, 0.2) is 29.4 Å². The SMILES string of the molecule is C=C(C)CN(C)S(=O)(=O)c1cnn(CCC(=O)O)c1. The lowest BCUT2D eigenvalue weighted by Gasteiger charge is -2.15. The first-order valence-electron chi connectivity index (χ1n) is 5.58. The van der Waals surface area contributed by atoms with E-state index in [9.17, 15) is 13.2 Å². The fourth-order valence-corrected chi connectivity index (χ4v) is 2.64. The Bertz CT molecular complexity index is 577. The quantitative estimate of drug-likeness (QED) is 0.739. The largest absolute Gasteiger partial charge is 0.481 e. The van der Waals surface area contributed by atoms with E-state index in [1.54, 1.807) is 6.92 Å². The fourth-order valence-electron chi connectivity index (χ4n) is 1.46.